The number of nitrogens with one attached hydrogen (secondary N) is 1. The molecular formula is C10H7Cl2F4NO2. The van der Waals surface area contributed by atoms with Crippen molar-refractivity contribution in [2.75, 3.05) is 6.61 Å². The second-order valence-corrected chi connectivity index (χ2v) is 4.13. The Morgan fingerprint density at radius 1 is 1.32 bits per heavy atom. The molecule has 1 aromatic rings. The van der Waals surface area contributed by atoms with E-state index < -0.39 is 41.9 Å². The van der Waals surface area contributed by atoms with Gasteiger partial charge < -0.3 is 10.1 Å². The van der Waals surface area contributed by atoms with E-state index in [1.165, 1.54) is 0 Å². The van der Waals surface area contributed by atoms with Crippen molar-refractivity contribution in [2.24, 2.45) is 0 Å². The Balaban J connectivity index is 0.00000180. The summed E-state index contributed by atoms with van der Waals surface area (Å²) in [5, 5.41) is 1.42. The van der Waals surface area contributed by atoms with Crippen LogP contribution in [0.25, 0.3) is 0 Å². The van der Waals surface area contributed by atoms with E-state index in [4.69, 9.17) is 11.6 Å². The molecular weight excluding hydrogens is 313 g/mol. The Hall–Kier alpha value is -1.21. The topological polar surface area (TPSA) is 38.3 Å². The first-order valence-corrected chi connectivity index (χ1v) is 5.14. The molecule has 1 aliphatic heterocycles. The van der Waals surface area contributed by atoms with Crippen LogP contribution >= 0.6 is 24.0 Å². The molecule has 0 aliphatic carbocycles. The molecule has 1 heterocycles. The quantitative estimate of drug-likeness (QED) is 0.805. The van der Waals surface area contributed by atoms with E-state index >= 15 is 0 Å². The SMILES string of the molecule is Cl.O=C1N[C@@H](c2c(F)cc(Cl)cc2F)C(F)(F)CO1. The number of amides is 1. The predicted molar refractivity (Wildman–Crippen MR) is 60.8 cm³/mol. The summed E-state index contributed by atoms with van der Waals surface area (Å²) in [7, 11) is 0. The van der Waals surface area contributed by atoms with Gasteiger partial charge in [0, 0.05) is 5.02 Å². The molecule has 0 spiro atoms. The van der Waals surface area contributed by atoms with Crippen molar-refractivity contribution in [3.05, 3.63) is 34.4 Å². The zero-order valence-corrected chi connectivity index (χ0v) is 10.6. The molecule has 19 heavy (non-hydrogen) atoms. The van der Waals surface area contributed by atoms with E-state index in [2.05, 4.69) is 4.74 Å². The number of alkyl halides is 2. The summed E-state index contributed by atoms with van der Waals surface area (Å²) >= 11 is 5.38. The van der Waals surface area contributed by atoms with Gasteiger partial charge in [-0.1, -0.05) is 11.6 Å². The van der Waals surface area contributed by atoms with Crippen molar-refractivity contribution in [3.8, 4) is 0 Å². The summed E-state index contributed by atoms with van der Waals surface area (Å²) in [6, 6.07) is -0.744. The lowest BCUT2D eigenvalue weighted by atomic mass is 9.99. The van der Waals surface area contributed by atoms with Gasteiger partial charge in [0.1, 0.15) is 17.7 Å². The molecule has 0 bridgehead atoms. The number of rotatable bonds is 1. The number of carbonyl (C=O) groups is 1. The van der Waals surface area contributed by atoms with Gasteiger partial charge in [0.2, 0.25) is 0 Å². The monoisotopic (exact) mass is 319 g/mol. The molecule has 1 aliphatic rings. The van der Waals surface area contributed by atoms with Gasteiger partial charge in [-0.05, 0) is 12.1 Å². The number of benzene rings is 1. The van der Waals surface area contributed by atoms with Crippen LogP contribution in [0.5, 0.6) is 0 Å². The smallest absolute Gasteiger partial charge is 0.408 e. The van der Waals surface area contributed by atoms with Gasteiger partial charge in [-0.15, -0.1) is 12.4 Å². The summed E-state index contributed by atoms with van der Waals surface area (Å²) in [5.74, 6) is -6.14. The number of hydrogen-bond acceptors (Lipinski definition) is 2. The fraction of sp³-hybridized carbons (Fsp3) is 0.300. The average Bonchev–Trinajstić information content (AvgIpc) is 2.22. The summed E-state index contributed by atoms with van der Waals surface area (Å²) in [6.45, 7) is -1.25. The Morgan fingerprint density at radius 3 is 2.37 bits per heavy atom. The van der Waals surface area contributed by atoms with Crippen LogP contribution in [-0.2, 0) is 4.74 Å². The van der Waals surface area contributed by atoms with Crippen molar-refractivity contribution in [1.82, 2.24) is 5.32 Å². The van der Waals surface area contributed by atoms with E-state index in [9.17, 15) is 22.4 Å². The van der Waals surface area contributed by atoms with Crippen LogP contribution in [0.2, 0.25) is 5.02 Å². The Bertz CT molecular complexity index is 489. The molecule has 1 aromatic carbocycles. The molecule has 9 heteroatoms. The average molecular weight is 320 g/mol. The van der Waals surface area contributed by atoms with Gasteiger partial charge in [-0.25, -0.2) is 22.4 Å². The van der Waals surface area contributed by atoms with Crippen LogP contribution in [0.3, 0.4) is 0 Å². The van der Waals surface area contributed by atoms with E-state index in [1.54, 1.807) is 5.32 Å². The van der Waals surface area contributed by atoms with Gasteiger partial charge in [0.05, 0.1) is 5.56 Å². The highest BCUT2D eigenvalue weighted by Crippen LogP contribution is 2.37. The zero-order valence-electron chi connectivity index (χ0n) is 9.05. The maximum atomic E-state index is 13.5. The molecule has 1 amide bonds. The van der Waals surface area contributed by atoms with E-state index in [0.717, 1.165) is 0 Å². The summed E-state index contributed by atoms with van der Waals surface area (Å²) in [4.78, 5) is 10.9. The first-order chi connectivity index (χ1) is 8.31. The maximum absolute atomic E-state index is 13.5. The molecule has 2 rings (SSSR count). The minimum absolute atomic E-state index is 0. The molecule has 1 N–H and O–H groups in total. The fourth-order valence-electron chi connectivity index (χ4n) is 1.62. The predicted octanol–water partition coefficient (Wildman–Crippen LogP) is 3.46. The maximum Gasteiger partial charge on any atom is 0.408 e. The number of ether oxygens (including phenoxy) is 1. The number of halogens is 6. The lowest BCUT2D eigenvalue weighted by Gasteiger charge is -2.32. The zero-order chi connectivity index (χ0) is 13.5. The molecule has 1 atom stereocenters. The van der Waals surface area contributed by atoms with Crippen LogP contribution < -0.4 is 5.32 Å². The molecule has 0 radical (unpaired) electrons. The molecule has 106 valence electrons. The van der Waals surface area contributed by atoms with Gasteiger partial charge in [0.15, 0.2) is 6.61 Å². The Kier molecular flexibility index (Phi) is 4.52. The van der Waals surface area contributed by atoms with Crippen molar-refractivity contribution < 1.29 is 27.1 Å². The number of cyclic esters (lactones) is 1. The lowest BCUT2D eigenvalue weighted by Crippen LogP contribution is -2.50. The van der Waals surface area contributed by atoms with Crippen molar-refractivity contribution in [3.63, 3.8) is 0 Å². The van der Waals surface area contributed by atoms with E-state index in [1.807, 2.05) is 0 Å². The van der Waals surface area contributed by atoms with Crippen LogP contribution in [0.4, 0.5) is 22.4 Å². The summed E-state index contributed by atoms with van der Waals surface area (Å²) in [5.41, 5.74) is -0.943. The molecule has 0 saturated carbocycles. The highest BCUT2D eigenvalue weighted by atomic mass is 35.5. The normalized spacial score (nSPS) is 21.1. The third-order valence-electron chi connectivity index (χ3n) is 2.41. The van der Waals surface area contributed by atoms with Crippen molar-refractivity contribution >= 4 is 30.1 Å². The minimum Gasteiger partial charge on any atom is -0.443 e. The number of alkyl carbamates (subject to hydrolysis) is 1. The van der Waals surface area contributed by atoms with Crippen molar-refractivity contribution in [1.29, 1.82) is 0 Å². The fourth-order valence-corrected chi connectivity index (χ4v) is 1.81. The van der Waals surface area contributed by atoms with Crippen LogP contribution in [0, 0.1) is 11.6 Å². The summed E-state index contributed by atoms with van der Waals surface area (Å²) in [6.07, 6.45) is -1.17. The van der Waals surface area contributed by atoms with Gasteiger partial charge in [-0.3, -0.25) is 0 Å². The Morgan fingerprint density at radius 2 is 1.84 bits per heavy atom. The van der Waals surface area contributed by atoms with Gasteiger partial charge >= 0.3 is 12.0 Å². The largest absolute Gasteiger partial charge is 0.443 e. The van der Waals surface area contributed by atoms with E-state index in [0.29, 0.717) is 12.1 Å². The second kappa shape index (κ2) is 5.42. The number of hydrogen-bond donors (Lipinski definition) is 1. The number of carbonyl (C=O) groups excluding carboxylic acids is 1. The second-order valence-electron chi connectivity index (χ2n) is 3.70. The van der Waals surface area contributed by atoms with Crippen LogP contribution in [0.1, 0.15) is 11.6 Å². The molecule has 1 fully saturated rings. The molecule has 0 aromatic heterocycles. The standard InChI is InChI=1S/C10H6ClF4NO2.ClH/c11-4-1-5(12)7(6(13)2-4)8-10(14,15)3-18-9(17)16-8;/h1-2,8H,3H2,(H,16,17);1H/t8-;/m0./s1. The lowest BCUT2D eigenvalue weighted by molar-refractivity contribution is -0.105. The third-order valence-corrected chi connectivity index (χ3v) is 2.63. The van der Waals surface area contributed by atoms with E-state index in [-0.39, 0.29) is 17.4 Å². The highest BCUT2D eigenvalue weighted by Gasteiger charge is 2.49. The molecule has 0 unspecified atom stereocenters. The third kappa shape index (κ3) is 3.03. The molecule has 1 saturated heterocycles. The van der Waals surface area contributed by atoms with Gasteiger partial charge in [-0.2, -0.15) is 0 Å². The summed E-state index contributed by atoms with van der Waals surface area (Å²) < 4.78 is 58.1. The van der Waals surface area contributed by atoms with Crippen LogP contribution in [0.15, 0.2) is 12.1 Å². The first-order valence-electron chi connectivity index (χ1n) is 4.77. The van der Waals surface area contributed by atoms with Gasteiger partial charge in [0.25, 0.3) is 0 Å². The van der Waals surface area contributed by atoms with Crippen LogP contribution in [-0.4, -0.2) is 18.6 Å². The Labute approximate surface area is 116 Å². The molecule has 3 nitrogen and oxygen atoms in total. The highest BCUT2D eigenvalue weighted by molar-refractivity contribution is 6.30. The first kappa shape index (κ1) is 15.8. The van der Waals surface area contributed by atoms with Crippen molar-refractivity contribution in [2.45, 2.75) is 12.0 Å². The minimum atomic E-state index is -3.62.